The van der Waals surface area contributed by atoms with Crippen molar-refractivity contribution in [2.24, 2.45) is 0 Å². The molecule has 0 bridgehead atoms. The van der Waals surface area contributed by atoms with Crippen molar-refractivity contribution in [3.63, 3.8) is 0 Å². The fourth-order valence-corrected chi connectivity index (χ4v) is 1.12. The van der Waals surface area contributed by atoms with E-state index in [4.69, 9.17) is 0 Å². The lowest BCUT2D eigenvalue weighted by molar-refractivity contribution is 0.421. The first-order valence-electron chi connectivity index (χ1n) is 4.26. The van der Waals surface area contributed by atoms with Crippen molar-refractivity contribution in [2.75, 3.05) is 0 Å². The van der Waals surface area contributed by atoms with Gasteiger partial charge in [-0.1, -0.05) is 20.8 Å². The van der Waals surface area contributed by atoms with E-state index in [1.807, 2.05) is 0 Å². The molecule has 1 nitrogen and oxygen atoms in total. The van der Waals surface area contributed by atoms with Crippen LogP contribution in [-0.4, -0.2) is 4.98 Å². The Morgan fingerprint density at radius 1 is 1.00 bits per heavy atom. The first-order chi connectivity index (χ1) is 6.25. The fourth-order valence-electron chi connectivity index (χ4n) is 1.12. The molecule has 0 fully saturated rings. The van der Waals surface area contributed by atoms with Gasteiger partial charge in [-0.2, -0.15) is 4.39 Å². The summed E-state index contributed by atoms with van der Waals surface area (Å²) < 4.78 is 39.2. The van der Waals surface area contributed by atoms with Crippen molar-refractivity contribution in [1.29, 1.82) is 0 Å². The minimum Gasteiger partial charge on any atom is -0.219 e. The Morgan fingerprint density at radius 2 is 1.50 bits per heavy atom. The van der Waals surface area contributed by atoms with Crippen LogP contribution in [0.15, 0.2) is 0 Å². The van der Waals surface area contributed by atoms with Gasteiger partial charge in [0.2, 0.25) is 5.95 Å². The summed E-state index contributed by atoms with van der Waals surface area (Å²) >= 11 is 0. The van der Waals surface area contributed by atoms with Gasteiger partial charge in [0.25, 0.3) is 0 Å². The quantitative estimate of drug-likeness (QED) is 0.590. The molecular formula is C10H12F3N. The lowest BCUT2D eigenvalue weighted by atomic mass is 9.90. The Kier molecular flexibility index (Phi) is 2.56. The summed E-state index contributed by atoms with van der Waals surface area (Å²) in [6.07, 6.45) is 0. The molecule has 1 aromatic rings. The number of hydrogen-bond donors (Lipinski definition) is 0. The maximum absolute atomic E-state index is 13.5. The summed E-state index contributed by atoms with van der Waals surface area (Å²) in [7, 11) is 0. The summed E-state index contributed by atoms with van der Waals surface area (Å²) in [5.41, 5.74) is -1.00. The van der Waals surface area contributed by atoms with Crippen LogP contribution in [0.3, 0.4) is 0 Å². The van der Waals surface area contributed by atoms with Gasteiger partial charge in [0, 0.05) is 11.0 Å². The van der Waals surface area contributed by atoms with E-state index in [-0.39, 0.29) is 11.3 Å². The van der Waals surface area contributed by atoms with Crippen LogP contribution in [0.4, 0.5) is 13.2 Å². The first kappa shape index (κ1) is 11.0. The lowest BCUT2D eigenvalue weighted by Gasteiger charge is -2.19. The van der Waals surface area contributed by atoms with Gasteiger partial charge in [0.15, 0.2) is 11.6 Å². The smallest absolute Gasteiger partial charge is 0.219 e. The molecule has 0 amide bonds. The zero-order valence-corrected chi connectivity index (χ0v) is 8.58. The Bertz CT molecular complexity index is 367. The van der Waals surface area contributed by atoms with Crippen molar-refractivity contribution >= 4 is 0 Å². The number of aromatic nitrogens is 1. The highest BCUT2D eigenvalue weighted by Gasteiger charge is 2.25. The van der Waals surface area contributed by atoms with E-state index in [9.17, 15) is 13.2 Å². The average Bonchev–Trinajstić information content (AvgIpc) is 2.06. The van der Waals surface area contributed by atoms with E-state index < -0.39 is 23.0 Å². The molecule has 1 aromatic heterocycles. The number of hydrogen-bond acceptors (Lipinski definition) is 1. The molecule has 0 atom stereocenters. The normalized spacial score (nSPS) is 11.9. The molecule has 0 saturated heterocycles. The zero-order chi connectivity index (χ0) is 11.1. The summed E-state index contributed by atoms with van der Waals surface area (Å²) in [6.45, 7) is 6.27. The SMILES string of the molecule is Cc1c(F)c(F)nc(C(C)(C)C)c1F. The second-order valence-electron chi connectivity index (χ2n) is 4.25. The van der Waals surface area contributed by atoms with Gasteiger partial charge in [0.05, 0.1) is 5.69 Å². The van der Waals surface area contributed by atoms with Crippen LogP contribution in [0.2, 0.25) is 0 Å². The maximum Gasteiger partial charge on any atom is 0.249 e. The van der Waals surface area contributed by atoms with Crippen LogP contribution >= 0.6 is 0 Å². The molecule has 0 spiro atoms. The van der Waals surface area contributed by atoms with Crippen molar-refractivity contribution in [1.82, 2.24) is 4.98 Å². The first-order valence-corrected chi connectivity index (χ1v) is 4.26. The Labute approximate surface area is 81.0 Å². The molecule has 0 radical (unpaired) electrons. The molecule has 0 aliphatic carbocycles. The zero-order valence-electron chi connectivity index (χ0n) is 8.58. The van der Waals surface area contributed by atoms with Gasteiger partial charge >= 0.3 is 0 Å². The van der Waals surface area contributed by atoms with Gasteiger partial charge in [-0.3, -0.25) is 0 Å². The molecule has 0 unspecified atom stereocenters. The third kappa shape index (κ3) is 1.74. The topological polar surface area (TPSA) is 12.9 Å². The molecule has 78 valence electrons. The van der Waals surface area contributed by atoms with E-state index in [1.54, 1.807) is 20.8 Å². The highest BCUT2D eigenvalue weighted by molar-refractivity contribution is 5.24. The van der Waals surface area contributed by atoms with E-state index in [2.05, 4.69) is 4.98 Å². The summed E-state index contributed by atoms with van der Waals surface area (Å²) in [6, 6.07) is 0. The largest absolute Gasteiger partial charge is 0.249 e. The van der Waals surface area contributed by atoms with Crippen molar-refractivity contribution in [2.45, 2.75) is 33.1 Å². The summed E-state index contributed by atoms with van der Waals surface area (Å²) in [5.74, 6) is -3.22. The maximum atomic E-state index is 13.5. The number of nitrogens with zero attached hydrogens (tertiary/aromatic N) is 1. The summed E-state index contributed by atoms with van der Waals surface area (Å²) in [4.78, 5) is 3.29. The molecule has 0 aromatic carbocycles. The van der Waals surface area contributed by atoms with E-state index in [1.165, 1.54) is 6.92 Å². The van der Waals surface area contributed by atoms with Crippen molar-refractivity contribution < 1.29 is 13.2 Å². The van der Waals surface area contributed by atoms with Crippen LogP contribution in [0.5, 0.6) is 0 Å². The van der Waals surface area contributed by atoms with Gasteiger partial charge in [-0.05, 0) is 6.92 Å². The standard InChI is InChI=1S/C10H12F3N/c1-5-6(11)8(10(2,3)4)14-9(13)7(5)12/h1-4H3. The van der Waals surface area contributed by atoms with Gasteiger partial charge in [-0.15, -0.1) is 0 Å². The van der Waals surface area contributed by atoms with Gasteiger partial charge < -0.3 is 0 Å². The third-order valence-corrected chi connectivity index (χ3v) is 1.97. The molecule has 14 heavy (non-hydrogen) atoms. The van der Waals surface area contributed by atoms with Crippen LogP contribution in [-0.2, 0) is 5.41 Å². The molecule has 4 heteroatoms. The molecule has 0 aliphatic heterocycles. The van der Waals surface area contributed by atoms with E-state index in [0.29, 0.717) is 0 Å². The minimum absolute atomic E-state index is 0.0473. The van der Waals surface area contributed by atoms with Crippen LogP contribution < -0.4 is 0 Å². The third-order valence-electron chi connectivity index (χ3n) is 1.97. The minimum atomic E-state index is -1.24. The van der Waals surface area contributed by atoms with Gasteiger partial charge in [-0.25, -0.2) is 13.8 Å². The van der Waals surface area contributed by atoms with E-state index >= 15 is 0 Å². The average molecular weight is 203 g/mol. The Hall–Kier alpha value is -1.06. The number of halogens is 3. The van der Waals surface area contributed by atoms with Gasteiger partial charge in [0.1, 0.15) is 0 Å². The molecule has 0 saturated carbocycles. The van der Waals surface area contributed by atoms with Crippen LogP contribution in [0, 0.1) is 24.5 Å². The molecule has 0 aliphatic rings. The predicted molar refractivity (Wildman–Crippen MR) is 47.5 cm³/mol. The van der Waals surface area contributed by atoms with Crippen molar-refractivity contribution in [3.05, 3.63) is 28.8 Å². The van der Waals surface area contributed by atoms with Crippen LogP contribution in [0.1, 0.15) is 32.0 Å². The molecule has 1 heterocycles. The number of rotatable bonds is 0. The second-order valence-corrected chi connectivity index (χ2v) is 4.25. The fraction of sp³-hybridized carbons (Fsp3) is 0.500. The summed E-state index contributed by atoms with van der Waals surface area (Å²) in [5, 5.41) is 0. The number of pyridine rings is 1. The Morgan fingerprint density at radius 3 is 1.93 bits per heavy atom. The lowest BCUT2D eigenvalue weighted by Crippen LogP contribution is -2.19. The highest BCUT2D eigenvalue weighted by Crippen LogP contribution is 2.26. The monoisotopic (exact) mass is 203 g/mol. The van der Waals surface area contributed by atoms with E-state index in [0.717, 1.165) is 0 Å². The molecular weight excluding hydrogens is 191 g/mol. The van der Waals surface area contributed by atoms with Crippen molar-refractivity contribution in [3.8, 4) is 0 Å². The molecule has 0 N–H and O–H groups in total. The molecule has 1 rings (SSSR count). The Balaban J connectivity index is 3.49. The van der Waals surface area contributed by atoms with Crippen LogP contribution in [0.25, 0.3) is 0 Å². The second kappa shape index (κ2) is 3.26. The highest BCUT2D eigenvalue weighted by atomic mass is 19.2. The predicted octanol–water partition coefficient (Wildman–Crippen LogP) is 3.10.